The van der Waals surface area contributed by atoms with E-state index < -0.39 is 5.97 Å². The second-order valence-corrected chi connectivity index (χ2v) is 7.87. The van der Waals surface area contributed by atoms with Crippen molar-refractivity contribution in [2.75, 3.05) is 7.11 Å². The van der Waals surface area contributed by atoms with Crippen LogP contribution in [-0.2, 0) is 4.79 Å². The van der Waals surface area contributed by atoms with Crippen molar-refractivity contribution in [2.45, 2.75) is 6.92 Å². The normalized spacial score (nSPS) is 10.3. The molecule has 0 radical (unpaired) electrons. The van der Waals surface area contributed by atoms with Crippen LogP contribution in [0.5, 0.6) is 23.0 Å². The molecule has 0 saturated carbocycles. The Bertz CT molecular complexity index is 762. The number of methoxy groups -OCH3 is 1. The molecule has 2 rings (SSSR count). The van der Waals surface area contributed by atoms with Crippen LogP contribution in [0.25, 0.3) is 0 Å². The van der Waals surface area contributed by atoms with Crippen molar-refractivity contribution in [3.8, 4) is 23.0 Å². The molecule has 0 spiro atoms. The number of halogens is 4. The van der Waals surface area contributed by atoms with Gasteiger partial charge >= 0.3 is 5.97 Å². The SMILES string of the molecule is COc1c(Br)cc(Br)cc1Oc1c(Br)cc(Br)cc1OC(C)=O. The van der Waals surface area contributed by atoms with Crippen LogP contribution >= 0.6 is 63.7 Å². The lowest BCUT2D eigenvalue weighted by Gasteiger charge is -2.16. The molecule has 0 aliphatic heterocycles. The Balaban J connectivity index is 2.54. The maximum atomic E-state index is 11.3. The molecule has 4 nitrogen and oxygen atoms in total. The number of benzene rings is 2. The average molecular weight is 574 g/mol. The molecule has 0 bridgehead atoms. The Labute approximate surface area is 167 Å². The Morgan fingerprint density at radius 2 is 1.39 bits per heavy atom. The zero-order chi connectivity index (χ0) is 17.1. The smallest absolute Gasteiger partial charge is 0.308 e. The van der Waals surface area contributed by atoms with Gasteiger partial charge in [0.05, 0.1) is 16.1 Å². The summed E-state index contributed by atoms with van der Waals surface area (Å²) in [6, 6.07) is 7.05. The summed E-state index contributed by atoms with van der Waals surface area (Å²) < 4.78 is 19.4. The highest BCUT2D eigenvalue weighted by atomic mass is 79.9. The molecule has 8 heteroatoms. The largest absolute Gasteiger partial charge is 0.492 e. The first kappa shape index (κ1) is 18.8. The van der Waals surface area contributed by atoms with Crippen molar-refractivity contribution in [3.63, 3.8) is 0 Å². The van der Waals surface area contributed by atoms with Crippen molar-refractivity contribution >= 4 is 69.7 Å². The number of hydrogen-bond donors (Lipinski definition) is 0. The van der Waals surface area contributed by atoms with Gasteiger partial charge in [0.2, 0.25) is 0 Å². The van der Waals surface area contributed by atoms with Gasteiger partial charge in [0.25, 0.3) is 0 Å². The summed E-state index contributed by atoms with van der Waals surface area (Å²) in [6.07, 6.45) is 0. The van der Waals surface area contributed by atoms with Crippen LogP contribution in [0, 0.1) is 0 Å². The van der Waals surface area contributed by atoms with Crippen LogP contribution in [0.15, 0.2) is 42.2 Å². The van der Waals surface area contributed by atoms with Crippen LogP contribution < -0.4 is 14.2 Å². The zero-order valence-electron chi connectivity index (χ0n) is 12.0. The van der Waals surface area contributed by atoms with Gasteiger partial charge in [-0.1, -0.05) is 31.9 Å². The summed E-state index contributed by atoms with van der Waals surface area (Å²) in [4.78, 5) is 11.3. The molecule has 0 atom stereocenters. The molecule has 122 valence electrons. The molecule has 0 unspecified atom stereocenters. The molecule has 2 aromatic carbocycles. The third-order valence-corrected chi connectivity index (χ3v) is 4.71. The van der Waals surface area contributed by atoms with Crippen molar-refractivity contribution in [1.29, 1.82) is 0 Å². The first-order valence-electron chi connectivity index (χ1n) is 6.20. The van der Waals surface area contributed by atoms with E-state index in [4.69, 9.17) is 14.2 Å². The monoisotopic (exact) mass is 570 g/mol. The Morgan fingerprint density at radius 3 is 1.91 bits per heavy atom. The second-order valence-electron chi connectivity index (χ2n) is 4.33. The van der Waals surface area contributed by atoms with E-state index in [9.17, 15) is 4.79 Å². The van der Waals surface area contributed by atoms with Gasteiger partial charge in [0.15, 0.2) is 23.0 Å². The van der Waals surface area contributed by atoms with E-state index in [1.165, 1.54) is 6.92 Å². The van der Waals surface area contributed by atoms with Crippen molar-refractivity contribution in [2.24, 2.45) is 0 Å². The van der Waals surface area contributed by atoms with Gasteiger partial charge < -0.3 is 14.2 Å². The highest BCUT2D eigenvalue weighted by Crippen LogP contribution is 2.46. The maximum absolute atomic E-state index is 11.3. The van der Waals surface area contributed by atoms with E-state index in [1.807, 2.05) is 6.07 Å². The van der Waals surface area contributed by atoms with Crippen molar-refractivity contribution in [3.05, 3.63) is 42.2 Å². The fourth-order valence-corrected chi connectivity index (χ4v) is 4.40. The fourth-order valence-electron chi connectivity index (χ4n) is 1.79. The standard InChI is InChI=1S/C15H10Br4O4/c1-7(20)22-13-6-9(17)4-11(19)15(13)23-12-5-8(16)3-10(18)14(12)21-2/h3-6H,1-2H3. The predicted octanol–water partition coefficient (Wildman–Crippen LogP) is 6.46. The van der Waals surface area contributed by atoms with Crippen LogP contribution in [0.4, 0.5) is 0 Å². The van der Waals surface area contributed by atoms with E-state index in [1.54, 1.807) is 25.3 Å². The summed E-state index contributed by atoms with van der Waals surface area (Å²) in [5.41, 5.74) is 0. The maximum Gasteiger partial charge on any atom is 0.308 e. The predicted molar refractivity (Wildman–Crippen MR) is 102 cm³/mol. The number of carbonyl (C=O) groups is 1. The molecule has 0 aliphatic rings. The lowest BCUT2D eigenvalue weighted by atomic mass is 10.3. The fraction of sp³-hybridized carbons (Fsp3) is 0.133. The van der Waals surface area contributed by atoms with Crippen LogP contribution in [0.3, 0.4) is 0 Å². The third-order valence-electron chi connectivity index (χ3n) is 2.62. The summed E-state index contributed by atoms with van der Waals surface area (Å²) in [5.74, 6) is 1.20. The number of hydrogen-bond acceptors (Lipinski definition) is 4. The zero-order valence-corrected chi connectivity index (χ0v) is 18.3. The molecule has 0 amide bonds. The van der Waals surface area contributed by atoms with Gasteiger partial charge in [-0.15, -0.1) is 0 Å². The molecule has 0 fully saturated rings. The van der Waals surface area contributed by atoms with Crippen molar-refractivity contribution in [1.82, 2.24) is 0 Å². The first-order valence-corrected chi connectivity index (χ1v) is 9.37. The molecule has 0 heterocycles. The van der Waals surface area contributed by atoms with E-state index in [0.29, 0.717) is 21.7 Å². The van der Waals surface area contributed by atoms with Crippen LogP contribution in [0.1, 0.15) is 6.92 Å². The third kappa shape index (κ3) is 4.71. The molecule has 23 heavy (non-hydrogen) atoms. The first-order chi connectivity index (χ1) is 10.8. The van der Waals surface area contributed by atoms with Gasteiger partial charge in [0.1, 0.15) is 0 Å². The van der Waals surface area contributed by atoms with Crippen LogP contribution in [-0.4, -0.2) is 13.1 Å². The number of rotatable bonds is 4. The number of esters is 1. The van der Waals surface area contributed by atoms with E-state index in [2.05, 4.69) is 63.7 Å². The lowest BCUT2D eigenvalue weighted by molar-refractivity contribution is -0.132. The summed E-state index contributed by atoms with van der Waals surface area (Å²) in [5, 5.41) is 0. The molecule has 0 aliphatic carbocycles. The molecule has 0 N–H and O–H groups in total. The van der Waals surface area contributed by atoms with Crippen molar-refractivity contribution < 1.29 is 19.0 Å². The minimum Gasteiger partial charge on any atom is -0.492 e. The van der Waals surface area contributed by atoms with Crippen LogP contribution in [0.2, 0.25) is 0 Å². The highest BCUT2D eigenvalue weighted by Gasteiger charge is 2.18. The van der Waals surface area contributed by atoms with Gasteiger partial charge in [0, 0.05) is 15.9 Å². The van der Waals surface area contributed by atoms with Gasteiger partial charge in [-0.2, -0.15) is 0 Å². The van der Waals surface area contributed by atoms with E-state index >= 15 is 0 Å². The summed E-state index contributed by atoms with van der Waals surface area (Å²) in [7, 11) is 1.55. The van der Waals surface area contributed by atoms with Gasteiger partial charge in [-0.3, -0.25) is 4.79 Å². The highest BCUT2D eigenvalue weighted by molar-refractivity contribution is 9.11. The molecule has 0 saturated heterocycles. The number of ether oxygens (including phenoxy) is 3. The molecular weight excluding hydrogens is 564 g/mol. The molecule has 0 aromatic heterocycles. The molecular formula is C15H10Br4O4. The quantitative estimate of drug-likeness (QED) is 0.311. The minimum atomic E-state index is -0.442. The second kappa shape index (κ2) is 8.00. The molecule has 2 aromatic rings. The Morgan fingerprint density at radius 1 is 0.870 bits per heavy atom. The topological polar surface area (TPSA) is 44.8 Å². The van der Waals surface area contributed by atoms with E-state index in [-0.39, 0.29) is 5.75 Å². The Kier molecular flexibility index (Phi) is 6.53. The van der Waals surface area contributed by atoms with Gasteiger partial charge in [-0.25, -0.2) is 0 Å². The minimum absolute atomic E-state index is 0.289. The number of carbonyl (C=O) groups excluding carboxylic acids is 1. The summed E-state index contributed by atoms with van der Waals surface area (Å²) >= 11 is 13.6. The Hall–Kier alpha value is -0.570. The van der Waals surface area contributed by atoms with Gasteiger partial charge in [-0.05, 0) is 56.1 Å². The summed E-state index contributed by atoms with van der Waals surface area (Å²) in [6.45, 7) is 1.33. The average Bonchev–Trinajstić information content (AvgIpc) is 2.41. The van der Waals surface area contributed by atoms with E-state index in [0.717, 1.165) is 13.4 Å². The lowest BCUT2D eigenvalue weighted by Crippen LogP contribution is -2.03.